The van der Waals surface area contributed by atoms with E-state index in [1.165, 1.54) is 5.56 Å². The minimum Gasteiger partial charge on any atom is -0.447 e. The van der Waals surface area contributed by atoms with Crippen LogP contribution in [0.4, 0.5) is 10.5 Å². The van der Waals surface area contributed by atoms with E-state index in [4.69, 9.17) is 4.74 Å². The summed E-state index contributed by atoms with van der Waals surface area (Å²) < 4.78 is 5.18. The number of carbonyl (C=O) groups is 1. The molecule has 0 spiro atoms. The van der Waals surface area contributed by atoms with Crippen LogP contribution in [0.3, 0.4) is 0 Å². The molecular formula is C19H20N2O2. The molecule has 1 aliphatic rings. The second kappa shape index (κ2) is 7.49. The molecule has 0 aliphatic carbocycles. The highest BCUT2D eigenvalue weighted by Gasteiger charge is 2.31. The molecule has 0 radical (unpaired) electrons. The van der Waals surface area contributed by atoms with Crippen molar-refractivity contribution in [2.45, 2.75) is 12.5 Å². The van der Waals surface area contributed by atoms with Gasteiger partial charge in [-0.2, -0.15) is 0 Å². The normalized spacial score (nSPS) is 17.5. The highest BCUT2D eigenvalue weighted by molar-refractivity contribution is 5.71. The molecule has 2 aromatic rings. The van der Waals surface area contributed by atoms with Crippen LogP contribution in [0.15, 0.2) is 72.9 Å². The van der Waals surface area contributed by atoms with Crippen LogP contribution in [0.2, 0.25) is 0 Å². The summed E-state index contributed by atoms with van der Waals surface area (Å²) in [6.07, 6.45) is 4.28. The lowest BCUT2D eigenvalue weighted by Crippen LogP contribution is -2.30. The summed E-state index contributed by atoms with van der Waals surface area (Å²) in [4.78, 5) is 13.6. The van der Waals surface area contributed by atoms with Gasteiger partial charge in [0.25, 0.3) is 0 Å². The number of cyclic esters (lactones) is 1. The number of anilines is 1. The van der Waals surface area contributed by atoms with Crippen molar-refractivity contribution in [3.63, 3.8) is 0 Å². The average molecular weight is 308 g/mol. The van der Waals surface area contributed by atoms with E-state index in [1.54, 1.807) is 4.90 Å². The number of nitrogens with zero attached hydrogens (tertiary/aromatic N) is 1. The molecule has 2 aromatic carbocycles. The molecule has 4 heteroatoms. The molecule has 3 rings (SSSR count). The van der Waals surface area contributed by atoms with Gasteiger partial charge in [-0.3, -0.25) is 4.90 Å². The van der Waals surface area contributed by atoms with Crippen LogP contribution in [-0.2, 0) is 11.2 Å². The van der Waals surface area contributed by atoms with E-state index in [-0.39, 0.29) is 12.1 Å². The summed E-state index contributed by atoms with van der Waals surface area (Å²) in [6, 6.07) is 20.2. The van der Waals surface area contributed by atoms with Gasteiger partial charge in [-0.15, -0.1) is 0 Å². The number of benzene rings is 2. The molecule has 0 bridgehead atoms. The number of nitrogens with one attached hydrogen (secondary N) is 1. The molecule has 1 amide bonds. The Balaban J connectivity index is 1.56. The van der Waals surface area contributed by atoms with Crippen LogP contribution in [0, 0.1) is 0 Å². The summed E-state index contributed by atoms with van der Waals surface area (Å²) in [5.41, 5.74) is 2.26. The third-order valence-electron chi connectivity index (χ3n) is 3.78. The van der Waals surface area contributed by atoms with Crippen molar-refractivity contribution >= 4 is 11.8 Å². The van der Waals surface area contributed by atoms with Crippen LogP contribution < -0.4 is 5.32 Å². The van der Waals surface area contributed by atoms with E-state index < -0.39 is 0 Å². The number of hydrogen-bond acceptors (Lipinski definition) is 3. The zero-order valence-corrected chi connectivity index (χ0v) is 12.9. The lowest BCUT2D eigenvalue weighted by atomic mass is 10.1. The summed E-state index contributed by atoms with van der Waals surface area (Å²) in [6.45, 7) is 1.09. The standard InChI is InChI=1S/C19H20N2O2/c22-19-21(13-7-12-20-17-10-5-2-6-11-17)18(15-23-19)14-16-8-3-1-4-9-16/h1-11,13,18,20H,12,14-15H2/b13-7+/t18-/m0/s1. The maximum atomic E-state index is 11.9. The van der Waals surface area contributed by atoms with Crippen molar-refractivity contribution in [1.29, 1.82) is 0 Å². The van der Waals surface area contributed by atoms with Crippen LogP contribution in [0.25, 0.3) is 0 Å². The lowest BCUT2D eigenvalue weighted by Gasteiger charge is -2.17. The van der Waals surface area contributed by atoms with E-state index in [0.29, 0.717) is 13.2 Å². The molecule has 0 unspecified atom stereocenters. The Morgan fingerprint density at radius 2 is 1.78 bits per heavy atom. The smallest absolute Gasteiger partial charge is 0.414 e. The largest absolute Gasteiger partial charge is 0.447 e. The number of carbonyl (C=O) groups excluding carboxylic acids is 1. The third kappa shape index (κ3) is 4.13. The van der Waals surface area contributed by atoms with Crippen molar-refractivity contribution < 1.29 is 9.53 Å². The molecular weight excluding hydrogens is 288 g/mol. The van der Waals surface area contributed by atoms with Gasteiger partial charge in [0, 0.05) is 18.4 Å². The van der Waals surface area contributed by atoms with E-state index in [1.807, 2.05) is 60.8 Å². The van der Waals surface area contributed by atoms with Gasteiger partial charge in [0.2, 0.25) is 0 Å². The molecule has 1 N–H and O–H groups in total. The van der Waals surface area contributed by atoms with Crippen molar-refractivity contribution in [2.75, 3.05) is 18.5 Å². The fourth-order valence-corrected chi connectivity index (χ4v) is 2.60. The highest BCUT2D eigenvalue weighted by Crippen LogP contribution is 2.17. The van der Waals surface area contributed by atoms with E-state index in [2.05, 4.69) is 17.4 Å². The molecule has 0 aromatic heterocycles. The Hall–Kier alpha value is -2.75. The fourth-order valence-electron chi connectivity index (χ4n) is 2.60. The first-order chi connectivity index (χ1) is 11.3. The number of amides is 1. The molecule has 1 heterocycles. The Morgan fingerprint density at radius 1 is 1.09 bits per heavy atom. The zero-order chi connectivity index (χ0) is 15.9. The lowest BCUT2D eigenvalue weighted by molar-refractivity contribution is 0.166. The van der Waals surface area contributed by atoms with Crippen molar-refractivity contribution in [2.24, 2.45) is 0 Å². The molecule has 118 valence electrons. The first-order valence-electron chi connectivity index (χ1n) is 7.77. The van der Waals surface area contributed by atoms with Gasteiger partial charge in [0.15, 0.2) is 0 Å². The fraction of sp³-hybridized carbons (Fsp3) is 0.211. The number of para-hydroxylation sites is 1. The first-order valence-corrected chi connectivity index (χ1v) is 7.77. The van der Waals surface area contributed by atoms with Crippen molar-refractivity contribution in [3.05, 3.63) is 78.5 Å². The first kappa shape index (κ1) is 15.2. The Bertz CT molecular complexity index is 656. The summed E-state index contributed by atoms with van der Waals surface area (Å²) >= 11 is 0. The molecule has 0 saturated carbocycles. The topological polar surface area (TPSA) is 41.6 Å². The van der Waals surface area contributed by atoms with Crippen LogP contribution in [0.1, 0.15) is 5.56 Å². The van der Waals surface area contributed by atoms with Crippen LogP contribution in [-0.4, -0.2) is 30.2 Å². The maximum Gasteiger partial charge on any atom is 0.414 e. The molecule has 1 saturated heterocycles. The van der Waals surface area contributed by atoms with Crippen LogP contribution >= 0.6 is 0 Å². The van der Waals surface area contributed by atoms with Gasteiger partial charge in [-0.05, 0) is 30.2 Å². The van der Waals surface area contributed by atoms with E-state index in [9.17, 15) is 4.79 Å². The predicted molar refractivity (Wildman–Crippen MR) is 91.2 cm³/mol. The minimum atomic E-state index is -0.276. The van der Waals surface area contributed by atoms with Crippen LogP contribution in [0.5, 0.6) is 0 Å². The van der Waals surface area contributed by atoms with Gasteiger partial charge < -0.3 is 10.1 Å². The minimum absolute atomic E-state index is 0.0536. The van der Waals surface area contributed by atoms with Gasteiger partial charge >= 0.3 is 6.09 Å². The average Bonchev–Trinajstić information content (AvgIpc) is 2.94. The molecule has 1 fully saturated rings. The predicted octanol–water partition coefficient (Wildman–Crippen LogP) is 3.68. The number of rotatable bonds is 6. The van der Waals surface area contributed by atoms with E-state index >= 15 is 0 Å². The second-order valence-electron chi connectivity index (χ2n) is 5.46. The number of hydrogen-bond donors (Lipinski definition) is 1. The quantitative estimate of drug-likeness (QED) is 0.885. The summed E-state index contributed by atoms with van der Waals surface area (Å²) in [5.74, 6) is 0. The highest BCUT2D eigenvalue weighted by atomic mass is 16.6. The van der Waals surface area contributed by atoms with E-state index in [0.717, 1.165) is 12.1 Å². The maximum absolute atomic E-state index is 11.9. The van der Waals surface area contributed by atoms with Gasteiger partial charge in [-0.25, -0.2) is 4.79 Å². The monoisotopic (exact) mass is 308 g/mol. The Morgan fingerprint density at radius 3 is 2.52 bits per heavy atom. The Labute approximate surface area is 136 Å². The zero-order valence-electron chi connectivity index (χ0n) is 12.9. The summed E-state index contributed by atoms with van der Waals surface area (Å²) in [5, 5.41) is 3.28. The Kier molecular flexibility index (Phi) is 4.94. The van der Waals surface area contributed by atoms with Crippen molar-refractivity contribution in [3.8, 4) is 0 Å². The van der Waals surface area contributed by atoms with Gasteiger partial charge in [0.05, 0.1) is 6.04 Å². The number of ether oxygens (including phenoxy) is 1. The molecule has 1 atom stereocenters. The summed E-state index contributed by atoms with van der Waals surface area (Å²) in [7, 11) is 0. The molecule has 1 aliphatic heterocycles. The van der Waals surface area contributed by atoms with Gasteiger partial charge in [-0.1, -0.05) is 48.5 Å². The molecule has 4 nitrogen and oxygen atoms in total. The van der Waals surface area contributed by atoms with Crippen molar-refractivity contribution in [1.82, 2.24) is 4.90 Å². The third-order valence-corrected chi connectivity index (χ3v) is 3.78. The van der Waals surface area contributed by atoms with Gasteiger partial charge in [0.1, 0.15) is 6.61 Å². The molecule has 23 heavy (non-hydrogen) atoms. The SMILES string of the molecule is O=C1OC[C@H](Cc2ccccc2)N1/C=C/CNc1ccccc1. The second-order valence-corrected chi connectivity index (χ2v) is 5.46.